The molecule has 6 atom stereocenters. The Morgan fingerprint density at radius 2 is 1.63 bits per heavy atom. The lowest BCUT2D eigenvalue weighted by molar-refractivity contribution is -0.0540. The quantitative estimate of drug-likeness (QED) is 0.0644. The van der Waals surface area contributed by atoms with Crippen LogP contribution in [-0.2, 0) is 39.6 Å². The molecule has 3 aliphatic heterocycles. The van der Waals surface area contributed by atoms with E-state index in [-0.39, 0.29) is 53.0 Å². The highest BCUT2D eigenvalue weighted by Gasteiger charge is 2.54. The van der Waals surface area contributed by atoms with Gasteiger partial charge in [-0.05, 0) is 42.5 Å². The number of phenolic OH excluding ortho intramolecular Hbond substituents is 2. The highest BCUT2D eigenvalue weighted by Crippen LogP contribution is 2.59. The van der Waals surface area contributed by atoms with Crippen LogP contribution in [0.4, 0.5) is 5.82 Å². The summed E-state index contributed by atoms with van der Waals surface area (Å²) in [5.74, 6) is -1.33. The summed E-state index contributed by atoms with van der Waals surface area (Å²) in [6.07, 6.45) is -4.36. The summed E-state index contributed by atoms with van der Waals surface area (Å²) in [6, 6.07) is 14.2. The van der Waals surface area contributed by atoms with Crippen LogP contribution < -0.4 is 26.9 Å². The number of nitrogens with one attached hydrogen (secondary N) is 1. The zero-order valence-corrected chi connectivity index (χ0v) is 31.6. The fraction of sp³-hybridized carbons (Fsp3) is 0.235. The lowest BCUT2D eigenvalue weighted by Gasteiger charge is -2.36. The van der Waals surface area contributed by atoms with Crippen molar-refractivity contribution in [1.82, 2.24) is 29.9 Å². The number of phosphoric ester groups is 1. The van der Waals surface area contributed by atoms with E-state index >= 15 is 0 Å². The Bertz CT molecular complexity index is 2640. The summed E-state index contributed by atoms with van der Waals surface area (Å²) >= 11 is 0. The number of rotatable bonds is 11. The molecule has 0 saturated carbocycles. The minimum absolute atomic E-state index is 0.0728. The summed E-state index contributed by atoms with van der Waals surface area (Å²) < 4.78 is 54.0. The van der Waals surface area contributed by atoms with E-state index in [1.54, 1.807) is 18.2 Å². The molecule has 25 heteroatoms. The SMILES string of the molecule is Nc1ccn([C@@H]2O[C@H](COP(=O)(O)OP(=O)(O)c3cn(CCNC(=O)c4ccc5c(c4)C(=O)OC54c5ccc(O)cc5Oc5cc(O)ccc54)nn3)[C@@H](O)[C@H]2O)c(=O)n1. The maximum Gasteiger partial charge on any atom is 0.479 e. The largest absolute Gasteiger partial charge is 0.508 e. The number of fused-ring (bicyclic) bond motifs is 6. The molecule has 5 heterocycles. The van der Waals surface area contributed by atoms with E-state index in [1.807, 2.05) is 0 Å². The van der Waals surface area contributed by atoms with E-state index in [4.69, 9.17) is 24.5 Å². The monoisotopic (exact) mass is 855 g/mol. The van der Waals surface area contributed by atoms with Crippen molar-refractivity contribution < 1.29 is 72.0 Å². The molecule has 1 fully saturated rings. The molecule has 308 valence electrons. The van der Waals surface area contributed by atoms with Crippen LogP contribution in [0.5, 0.6) is 23.0 Å². The number of esters is 1. The van der Waals surface area contributed by atoms with Gasteiger partial charge in [-0.25, -0.2) is 23.1 Å². The van der Waals surface area contributed by atoms with E-state index in [9.17, 15) is 53.7 Å². The number of phenols is 2. The van der Waals surface area contributed by atoms with Crippen LogP contribution in [-0.4, -0.2) is 98.1 Å². The van der Waals surface area contributed by atoms with Gasteiger partial charge in [0.25, 0.3) is 5.91 Å². The van der Waals surface area contributed by atoms with E-state index in [1.165, 1.54) is 42.5 Å². The fourth-order valence-electron chi connectivity index (χ4n) is 6.85. The number of anilines is 1. The topological polar surface area (TPSA) is 339 Å². The number of benzene rings is 3. The number of nitrogens with zero attached hydrogens (tertiary/aromatic N) is 5. The lowest BCUT2D eigenvalue weighted by Crippen LogP contribution is -2.36. The third kappa shape index (κ3) is 7.24. The molecular formula is C34H31N7O16P2. The van der Waals surface area contributed by atoms with Gasteiger partial charge in [-0.3, -0.25) is 18.5 Å². The first-order valence-electron chi connectivity index (χ1n) is 17.2. The number of aliphatic hydroxyl groups is 2. The average Bonchev–Trinajstić information content (AvgIpc) is 3.85. The fourth-order valence-corrected chi connectivity index (χ4v) is 9.26. The predicted octanol–water partition coefficient (Wildman–Crippen LogP) is 0.0899. The second-order valence-electron chi connectivity index (χ2n) is 13.3. The second-order valence-corrected chi connectivity index (χ2v) is 16.7. The van der Waals surface area contributed by atoms with Crippen molar-refractivity contribution in [2.45, 2.75) is 36.7 Å². The van der Waals surface area contributed by atoms with Crippen molar-refractivity contribution in [2.24, 2.45) is 0 Å². The molecule has 9 N–H and O–H groups in total. The summed E-state index contributed by atoms with van der Waals surface area (Å²) in [5, 5.41) is 50.8. The van der Waals surface area contributed by atoms with Crippen molar-refractivity contribution in [3.63, 3.8) is 0 Å². The van der Waals surface area contributed by atoms with Crippen molar-refractivity contribution in [3.05, 3.63) is 111 Å². The van der Waals surface area contributed by atoms with Crippen LogP contribution in [0.3, 0.4) is 0 Å². The number of aliphatic hydroxyl groups excluding tert-OH is 2. The standard InChI is InChI=1S/C34H31N7O16P2/c35-26-7-9-41(33(48)37-26)31-29(45)28(44)25(55-31)15-53-59(51,52)57-58(49,50)27-14-40(39-38-27)10-8-36-30(46)16-1-4-20-19(11-16)32(47)56-34(20)21-5-2-17(42)12-23(21)54-24-13-18(43)3-6-22(24)34/h1-7,9,11-14,25,28-29,31,42-45H,8,10,15H2,(H,36,46)(H,49,50)(H,51,52)(H2,35,37,48)/t25-,28-,29-,31-/m1/s1. The number of hydrogen-bond donors (Lipinski definition) is 8. The third-order valence-electron chi connectivity index (χ3n) is 9.56. The van der Waals surface area contributed by atoms with Crippen LogP contribution in [0.15, 0.2) is 77.9 Å². The van der Waals surface area contributed by atoms with Crippen LogP contribution in [0.1, 0.15) is 43.6 Å². The number of nitrogen functional groups attached to an aromatic ring is 1. The first-order chi connectivity index (χ1) is 28.0. The van der Waals surface area contributed by atoms with Crippen molar-refractivity contribution in [3.8, 4) is 23.0 Å². The average molecular weight is 856 g/mol. The maximum absolute atomic E-state index is 13.4. The molecule has 0 radical (unpaired) electrons. The first kappa shape index (κ1) is 39.8. The van der Waals surface area contributed by atoms with E-state index < -0.39 is 75.2 Å². The third-order valence-corrected chi connectivity index (χ3v) is 12.5. The normalized spacial score (nSPS) is 22.0. The van der Waals surface area contributed by atoms with Gasteiger partial charge in [0, 0.05) is 47.1 Å². The Morgan fingerprint density at radius 3 is 2.31 bits per heavy atom. The highest BCUT2D eigenvalue weighted by molar-refractivity contribution is 7.69. The van der Waals surface area contributed by atoms with Crippen LogP contribution in [0.25, 0.3) is 0 Å². The number of amides is 1. The van der Waals surface area contributed by atoms with Crippen LogP contribution in [0.2, 0.25) is 0 Å². The minimum Gasteiger partial charge on any atom is -0.508 e. The molecule has 5 aromatic rings. The Morgan fingerprint density at radius 1 is 0.949 bits per heavy atom. The summed E-state index contributed by atoms with van der Waals surface area (Å²) in [4.78, 5) is 62.9. The van der Waals surface area contributed by atoms with Gasteiger partial charge in [0.2, 0.25) is 0 Å². The molecular weight excluding hydrogens is 824 g/mol. The van der Waals surface area contributed by atoms with E-state index in [2.05, 4.69) is 24.9 Å². The number of ether oxygens (including phenoxy) is 3. The maximum atomic E-state index is 13.4. The van der Waals surface area contributed by atoms with Gasteiger partial charge in [0.1, 0.15) is 47.1 Å². The summed E-state index contributed by atoms with van der Waals surface area (Å²) in [5.41, 5.74) is 3.58. The number of phosphoric acid groups is 1. The molecule has 1 amide bonds. The van der Waals surface area contributed by atoms with Gasteiger partial charge in [0.05, 0.1) is 24.9 Å². The molecule has 8 rings (SSSR count). The smallest absolute Gasteiger partial charge is 0.479 e. The van der Waals surface area contributed by atoms with Gasteiger partial charge in [-0.2, -0.15) is 4.98 Å². The van der Waals surface area contributed by atoms with Crippen molar-refractivity contribution in [1.29, 1.82) is 0 Å². The Balaban J connectivity index is 0.891. The molecule has 1 spiro atoms. The Labute approximate surface area is 329 Å². The van der Waals surface area contributed by atoms with E-state index in [0.29, 0.717) is 16.7 Å². The Kier molecular flexibility index (Phi) is 9.90. The van der Waals surface area contributed by atoms with Crippen LogP contribution in [0, 0.1) is 0 Å². The molecule has 3 aromatic carbocycles. The molecule has 2 aromatic heterocycles. The lowest BCUT2D eigenvalue weighted by atomic mass is 9.77. The number of aromatic nitrogens is 5. The van der Waals surface area contributed by atoms with Gasteiger partial charge in [-0.1, -0.05) is 11.3 Å². The highest BCUT2D eigenvalue weighted by atomic mass is 31.3. The van der Waals surface area contributed by atoms with Gasteiger partial charge < -0.3 is 55.5 Å². The summed E-state index contributed by atoms with van der Waals surface area (Å²) in [7, 11) is -10.6. The van der Waals surface area contributed by atoms with Gasteiger partial charge in [-0.15, -0.1) is 5.10 Å². The first-order valence-corrected chi connectivity index (χ1v) is 20.3. The molecule has 2 unspecified atom stereocenters. The molecule has 0 aliphatic carbocycles. The number of aromatic hydroxyl groups is 2. The second kappa shape index (κ2) is 14.7. The van der Waals surface area contributed by atoms with Crippen molar-refractivity contribution in [2.75, 3.05) is 18.9 Å². The zero-order valence-electron chi connectivity index (χ0n) is 29.8. The zero-order chi connectivity index (χ0) is 42.0. The molecule has 3 aliphatic rings. The van der Waals surface area contributed by atoms with Crippen LogP contribution >= 0.6 is 15.4 Å². The number of nitrogens with two attached hydrogens (primary N) is 1. The molecule has 59 heavy (non-hydrogen) atoms. The predicted molar refractivity (Wildman–Crippen MR) is 196 cm³/mol. The van der Waals surface area contributed by atoms with Gasteiger partial charge in [0.15, 0.2) is 17.3 Å². The number of carbonyl (C=O) groups is 2. The van der Waals surface area contributed by atoms with E-state index in [0.717, 1.165) is 21.6 Å². The minimum atomic E-state index is -5.38. The number of carbonyl (C=O) groups excluding carboxylic acids is 2. The van der Waals surface area contributed by atoms with Crippen molar-refractivity contribution >= 4 is 38.5 Å². The Hall–Kier alpha value is -6.00. The summed E-state index contributed by atoms with van der Waals surface area (Å²) in [6.45, 7) is -1.18. The molecule has 1 saturated heterocycles. The van der Waals surface area contributed by atoms with Gasteiger partial charge >= 0.3 is 27.1 Å². The number of hydrogen-bond acceptors (Lipinski definition) is 18. The molecule has 23 nitrogen and oxygen atoms in total. The molecule has 0 bridgehead atoms.